The Hall–Kier alpha value is -5.15. The van der Waals surface area contributed by atoms with Crippen molar-refractivity contribution < 1.29 is 129 Å². The van der Waals surface area contributed by atoms with Crippen molar-refractivity contribution in [2.75, 3.05) is 28.4 Å². The van der Waals surface area contributed by atoms with Crippen molar-refractivity contribution in [3.63, 3.8) is 0 Å². The summed E-state index contributed by atoms with van der Waals surface area (Å²) in [6.07, 6.45) is -10.2. The Bertz CT molecular complexity index is 3570. The van der Waals surface area contributed by atoms with Crippen molar-refractivity contribution in [2.24, 2.45) is 0 Å². The summed E-state index contributed by atoms with van der Waals surface area (Å²) in [6.45, 7) is 10.4. The molecule has 0 unspecified atom stereocenters. The van der Waals surface area contributed by atoms with Crippen LogP contribution in [-0.2, 0) is 36.4 Å². The zero-order valence-electron chi connectivity index (χ0n) is 47.7. The fourth-order valence-electron chi connectivity index (χ4n) is 6.44. The van der Waals surface area contributed by atoms with E-state index in [0.29, 0.717) is 20.2 Å². The minimum atomic E-state index is -4.75. The van der Waals surface area contributed by atoms with Crippen molar-refractivity contribution in [1.29, 1.82) is 0 Å². The molecule has 480 valence electrons. The number of pyridine rings is 5. The molecule has 0 aliphatic carbocycles. The van der Waals surface area contributed by atoms with Gasteiger partial charge in [0.25, 0.3) is 11.8 Å². The normalized spacial score (nSPS) is 14.1. The van der Waals surface area contributed by atoms with E-state index in [9.17, 15) is 61.5 Å². The third-order valence-corrected chi connectivity index (χ3v) is 13.1. The SMILES string of the molecule is C.CC(C)(Oc1ncc(B2OC(C)(C)C(C)(C)O2)cc1F)C(F)(F)F.CO.COC(F)(F)c1nnc2ccc(-c3cnc(OC(C)(C)C(F)(F)F)c(F)c3)cn12.COC(F)(F)c1nnc2ccc(Br)cn12.C[O-].FC(F)(Cl)c1nnc2ccc(Br)cn12.[Na+]. The van der Waals surface area contributed by atoms with Crippen molar-refractivity contribution in [1.82, 2.24) is 53.8 Å². The number of nitrogens with zero attached hydrogens (tertiary/aromatic N) is 11. The van der Waals surface area contributed by atoms with Gasteiger partial charge in [0.2, 0.25) is 17.5 Å². The predicted octanol–water partition coefficient (Wildman–Crippen LogP) is 8.78. The summed E-state index contributed by atoms with van der Waals surface area (Å²) in [5.74, 6) is -5.65. The molecule has 0 atom stereocenters. The maximum absolute atomic E-state index is 14.3. The molecular weight excluding hydrogens is 1380 g/mol. The van der Waals surface area contributed by atoms with E-state index in [0.717, 1.165) is 83.3 Å². The van der Waals surface area contributed by atoms with Gasteiger partial charge in [-0.2, -0.15) is 59.8 Å². The van der Waals surface area contributed by atoms with Gasteiger partial charge >= 0.3 is 66.6 Å². The topological polar surface area (TPSA) is 215 Å². The largest absolute Gasteiger partial charge is 1.00 e. The Morgan fingerprint density at radius 3 is 1.27 bits per heavy atom. The van der Waals surface area contributed by atoms with Crippen molar-refractivity contribution in [3.8, 4) is 22.9 Å². The molecule has 0 bridgehead atoms. The first kappa shape index (κ1) is 78.9. The Morgan fingerprint density at radius 1 is 0.557 bits per heavy atom. The van der Waals surface area contributed by atoms with E-state index in [2.05, 4.69) is 86.6 Å². The van der Waals surface area contributed by atoms with Crippen molar-refractivity contribution >= 4 is 73.0 Å². The molecule has 1 aliphatic heterocycles. The average molecular weight is 1430 g/mol. The van der Waals surface area contributed by atoms with Gasteiger partial charge in [-0.15, -0.1) is 30.6 Å². The maximum atomic E-state index is 14.3. The van der Waals surface area contributed by atoms with Crippen LogP contribution in [0.15, 0.2) is 88.5 Å². The summed E-state index contributed by atoms with van der Waals surface area (Å²) in [4.78, 5) is 7.26. The molecular formula is C50H54BBr2ClF14N11NaO8. The minimum Gasteiger partial charge on any atom is -0.857 e. The van der Waals surface area contributed by atoms with Crippen molar-refractivity contribution in [3.05, 3.63) is 118 Å². The van der Waals surface area contributed by atoms with Gasteiger partial charge < -0.3 is 38.5 Å². The molecule has 0 radical (unpaired) electrons. The van der Waals surface area contributed by atoms with Gasteiger partial charge in [-0.3, -0.25) is 13.2 Å². The number of aliphatic hydroxyl groups is 1. The van der Waals surface area contributed by atoms with Crippen LogP contribution in [0.1, 0.15) is 80.3 Å². The molecule has 88 heavy (non-hydrogen) atoms. The maximum Gasteiger partial charge on any atom is 1.00 e. The third kappa shape index (κ3) is 18.7. The number of methoxy groups -OCH3 is 2. The Kier molecular flexibility index (Phi) is 27.2. The fraction of sp³-hybridized carbons (Fsp3) is 0.440. The van der Waals surface area contributed by atoms with Crippen LogP contribution in [0, 0.1) is 11.6 Å². The first-order valence-corrected chi connectivity index (χ1v) is 25.8. The molecule has 19 nitrogen and oxygen atoms in total. The first-order chi connectivity index (χ1) is 39.5. The van der Waals surface area contributed by atoms with Crippen LogP contribution >= 0.6 is 43.5 Å². The minimum absolute atomic E-state index is 0. The summed E-state index contributed by atoms with van der Waals surface area (Å²) < 4.78 is 219. The van der Waals surface area contributed by atoms with Crippen LogP contribution in [0.2, 0.25) is 0 Å². The Labute approximate surface area is 537 Å². The first-order valence-electron chi connectivity index (χ1n) is 23.9. The molecule has 0 saturated carbocycles. The van der Waals surface area contributed by atoms with E-state index in [1.54, 1.807) is 24.3 Å². The summed E-state index contributed by atoms with van der Waals surface area (Å²) >= 11 is 11.2. The smallest absolute Gasteiger partial charge is 0.857 e. The number of aromatic nitrogens is 11. The second-order valence-corrected chi connectivity index (χ2v) is 21.5. The molecule has 0 spiro atoms. The summed E-state index contributed by atoms with van der Waals surface area (Å²) in [5, 5.41) is 32.6. The van der Waals surface area contributed by atoms with Crippen LogP contribution in [0.5, 0.6) is 11.8 Å². The van der Waals surface area contributed by atoms with Gasteiger partial charge in [0.15, 0.2) is 39.8 Å². The second kappa shape index (κ2) is 30.3. The molecule has 9 rings (SSSR count). The van der Waals surface area contributed by atoms with Crippen LogP contribution in [-0.4, -0.2) is 129 Å². The van der Waals surface area contributed by atoms with Crippen LogP contribution in [0.25, 0.3) is 28.1 Å². The Morgan fingerprint density at radius 2 is 0.909 bits per heavy atom. The molecule has 0 aromatic carbocycles. The molecule has 8 aromatic heterocycles. The van der Waals surface area contributed by atoms with E-state index in [1.165, 1.54) is 41.3 Å². The van der Waals surface area contributed by atoms with Crippen molar-refractivity contribution in [2.45, 2.75) is 115 Å². The average Bonchev–Trinajstić information content (AvgIpc) is 4.03. The number of hydrogen-bond donors (Lipinski definition) is 1. The molecule has 8 aromatic rings. The zero-order chi connectivity index (χ0) is 65.6. The summed E-state index contributed by atoms with van der Waals surface area (Å²) in [6, 6.07) is 11.2. The number of aliphatic hydroxyl groups excluding tert-OH is 1. The number of rotatable bonds is 11. The zero-order valence-corrected chi connectivity index (χ0v) is 53.7. The Balaban J connectivity index is 0.000000404. The number of halogens is 17. The summed E-state index contributed by atoms with van der Waals surface area (Å²) in [7, 11) is 2.60. The van der Waals surface area contributed by atoms with E-state index < -0.39 is 100 Å². The predicted molar refractivity (Wildman–Crippen MR) is 291 cm³/mol. The van der Waals surface area contributed by atoms with Gasteiger partial charge in [0, 0.05) is 77.8 Å². The van der Waals surface area contributed by atoms with E-state index in [4.69, 9.17) is 35.9 Å². The molecule has 1 saturated heterocycles. The number of alkyl halides is 13. The van der Waals surface area contributed by atoms with Gasteiger partial charge in [0.05, 0.1) is 11.2 Å². The van der Waals surface area contributed by atoms with E-state index >= 15 is 0 Å². The molecule has 1 aliphatic rings. The molecule has 9 heterocycles. The van der Waals surface area contributed by atoms with Gasteiger partial charge in [-0.05, 0) is 147 Å². The monoisotopic (exact) mass is 1430 g/mol. The molecule has 38 heteroatoms. The van der Waals surface area contributed by atoms with Gasteiger partial charge in [-0.25, -0.2) is 18.7 Å². The molecule has 1 fully saturated rings. The molecule has 1 N–H and O–H groups in total. The third-order valence-electron chi connectivity index (χ3n) is 12.0. The molecule has 0 amide bonds. The van der Waals surface area contributed by atoms with Gasteiger partial charge in [0.1, 0.15) is 0 Å². The second-order valence-electron chi connectivity index (χ2n) is 19.2. The summed E-state index contributed by atoms with van der Waals surface area (Å²) in [5.41, 5.74) is -5.11. The van der Waals surface area contributed by atoms with E-state index in [-0.39, 0.29) is 59.2 Å². The number of hydrogen-bond acceptors (Lipinski definition) is 16. The number of fused-ring (bicyclic) bond motifs is 3. The number of ether oxygens (including phenoxy) is 4. The van der Waals surface area contributed by atoms with Crippen LogP contribution in [0.3, 0.4) is 0 Å². The van der Waals surface area contributed by atoms with Crippen LogP contribution < -0.4 is 49.6 Å². The van der Waals surface area contributed by atoms with Crippen LogP contribution in [0.4, 0.5) is 61.5 Å². The quantitative estimate of drug-likeness (QED) is 0.0728. The van der Waals surface area contributed by atoms with E-state index in [1.807, 2.05) is 27.7 Å². The fourth-order valence-corrected chi connectivity index (χ4v) is 7.25. The van der Waals surface area contributed by atoms with Gasteiger partial charge in [-0.1, -0.05) is 7.43 Å². The standard InChI is InChI=1S/C17H14F6N4O2.C15H20BF4NO3.C8H6BrF2N3O.C7H3BrClF2N3.CH4O.CH3O.CH4.Na/c1-15(2,17(21,22)23)29-13-11(18)6-10(7-24-13)9-4-5-12-25-26-14(27(12)8-9)16(19,20)28-3;1-12(2)13(3,4)24-16(23-12)9-7-10(17)11(21-8-9)22-14(5,6)15(18,19)20;1-15-8(10,11)7-13-12-6-3-2-5(9)4-14(6)7;8-4-1-2-5-12-13-6(7(9,10)11)14(5)3-4;2*1-2;;/h4-8H,1-3H3;7-8H,1-6H3;2-4H,1H3;1-3H;2H,1H3;1H3;1H4;/q;;;;;-1;;+1.